The number of carbonyl (C=O) groups is 1. The molecule has 0 unspecified atom stereocenters. The van der Waals surface area contributed by atoms with Crippen LogP contribution in [0.5, 0.6) is 5.88 Å². The molecule has 33 heavy (non-hydrogen) atoms. The Labute approximate surface area is 195 Å². The molecule has 1 N–H and O–H groups in total. The van der Waals surface area contributed by atoms with Crippen molar-refractivity contribution < 1.29 is 19.4 Å². The van der Waals surface area contributed by atoms with E-state index < -0.39 is 5.97 Å². The normalized spacial score (nSPS) is 18.2. The van der Waals surface area contributed by atoms with Crippen LogP contribution in [-0.2, 0) is 16.1 Å². The van der Waals surface area contributed by atoms with E-state index in [2.05, 4.69) is 28.9 Å². The first kappa shape index (κ1) is 23.1. The van der Waals surface area contributed by atoms with Crippen LogP contribution in [0.1, 0.15) is 32.6 Å². The average Bonchev–Trinajstić information content (AvgIpc) is 3.19. The molecule has 0 atom stereocenters. The molecule has 1 heterocycles. The molecule has 0 radical (unpaired) electrons. The van der Waals surface area contributed by atoms with Crippen LogP contribution < -0.4 is 4.74 Å². The van der Waals surface area contributed by atoms with Crippen LogP contribution in [0.2, 0.25) is 0 Å². The highest BCUT2D eigenvalue weighted by atomic mass is 16.5. The van der Waals surface area contributed by atoms with Crippen molar-refractivity contribution in [2.24, 2.45) is 11.8 Å². The maximum atomic E-state index is 10.7. The molecule has 1 aliphatic carbocycles. The molecule has 4 rings (SSSR count). The van der Waals surface area contributed by atoms with Crippen LogP contribution in [-0.4, -0.2) is 40.7 Å². The molecular formula is C27H32N2O4. The van der Waals surface area contributed by atoms with Gasteiger partial charge in [0.15, 0.2) is 0 Å². The van der Waals surface area contributed by atoms with E-state index >= 15 is 0 Å². The molecule has 1 aromatic heterocycles. The first-order chi connectivity index (χ1) is 16.2. The number of benzene rings is 2. The van der Waals surface area contributed by atoms with E-state index in [4.69, 9.17) is 19.7 Å². The van der Waals surface area contributed by atoms with Gasteiger partial charge in [-0.25, -0.2) is 9.48 Å². The Morgan fingerprint density at radius 2 is 1.58 bits per heavy atom. The van der Waals surface area contributed by atoms with Crippen LogP contribution in [0, 0.1) is 11.8 Å². The minimum absolute atomic E-state index is 0.213. The maximum Gasteiger partial charge on any atom is 0.329 e. The largest absolute Gasteiger partial charge is 0.480 e. The van der Waals surface area contributed by atoms with Gasteiger partial charge in [-0.1, -0.05) is 60.7 Å². The molecule has 174 valence electrons. The molecular weight excluding hydrogens is 416 g/mol. The summed E-state index contributed by atoms with van der Waals surface area (Å²) < 4.78 is 13.6. The first-order valence-corrected chi connectivity index (χ1v) is 11.8. The zero-order chi connectivity index (χ0) is 23.0. The molecule has 6 heteroatoms. The minimum atomic E-state index is -0.908. The second-order valence-electron chi connectivity index (χ2n) is 8.67. The highest BCUT2D eigenvalue weighted by Crippen LogP contribution is 2.40. The van der Waals surface area contributed by atoms with Gasteiger partial charge in [-0.3, -0.25) is 0 Å². The van der Waals surface area contributed by atoms with Crippen LogP contribution in [0.15, 0.2) is 60.7 Å². The van der Waals surface area contributed by atoms with Gasteiger partial charge in [-0.05, 0) is 50.0 Å². The Morgan fingerprint density at radius 3 is 2.18 bits per heavy atom. The van der Waals surface area contributed by atoms with Gasteiger partial charge >= 0.3 is 5.97 Å². The number of nitrogens with zero attached hydrogens (tertiary/aromatic N) is 2. The zero-order valence-electron chi connectivity index (χ0n) is 19.2. The van der Waals surface area contributed by atoms with E-state index in [1.165, 1.54) is 0 Å². The van der Waals surface area contributed by atoms with Gasteiger partial charge < -0.3 is 14.6 Å². The van der Waals surface area contributed by atoms with Gasteiger partial charge in [0.05, 0.1) is 18.8 Å². The molecule has 0 bridgehead atoms. The predicted molar refractivity (Wildman–Crippen MR) is 128 cm³/mol. The van der Waals surface area contributed by atoms with Crippen molar-refractivity contribution in [1.29, 1.82) is 0 Å². The Kier molecular flexibility index (Phi) is 7.79. The number of hydrogen-bond acceptors (Lipinski definition) is 4. The number of carboxylic acids is 1. The summed E-state index contributed by atoms with van der Waals surface area (Å²) in [6.07, 6.45) is 4.25. The van der Waals surface area contributed by atoms with E-state index in [0.717, 1.165) is 60.5 Å². The first-order valence-electron chi connectivity index (χ1n) is 11.8. The van der Waals surface area contributed by atoms with E-state index in [1.807, 2.05) is 43.3 Å². The quantitative estimate of drug-likeness (QED) is 0.442. The van der Waals surface area contributed by atoms with Gasteiger partial charge in [0.1, 0.15) is 12.3 Å². The Bertz CT molecular complexity index is 1030. The number of ether oxygens (including phenoxy) is 2. The maximum absolute atomic E-state index is 10.7. The highest BCUT2D eigenvalue weighted by Gasteiger charge is 2.26. The molecule has 1 aliphatic rings. The van der Waals surface area contributed by atoms with Crippen LogP contribution in [0.25, 0.3) is 22.4 Å². The average molecular weight is 449 g/mol. The molecule has 0 amide bonds. The summed E-state index contributed by atoms with van der Waals surface area (Å²) >= 11 is 0. The van der Waals surface area contributed by atoms with Gasteiger partial charge in [-0.15, -0.1) is 0 Å². The number of carboxylic acid groups (broad SMARTS) is 1. The molecule has 1 saturated carbocycles. The van der Waals surface area contributed by atoms with E-state index in [9.17, 15) is 4.79 Å². The second-order valence-corrected chi connectivity index (χ2v) is 8.67. The third-order valence-corrected chi connectivity index (χ3v) is 6.27. The standard InChI is InChI=1S/C27H32N2O4/c1-2-33-27-25(22-9-5-3-6-10-22)26(23-11-7-4-8-12-23)28-29(27)17-20-13-15-21(16-14-20)18-32-19-24(30)31/h3-12,20-21H,2,13-19H2,1H3,(H,30,31)/t20-,21-. The number of hydrogen-bond donors (Lipinski definition) is 1. The molecule has 2 aromatic carbocycles. The number of aliphatic carboxylic acids is 1. The van der Waals surface area contributed by atoms with Crippen LogP contribution in [0.3, 0.4) is 0 Å². The summed E-state index contributed by atoms with van der Waals surface area (Å²) in [5.74, 6) is 0.861. The van der Waals surface area contributed by atoms with Gasteiger partial charge in [0.25, 0.3) is 0 Å². The van der Waals surface area contributed by atoms with Crippen LogP contribution >= 0.6 is 0 Å². The van der Waals surface area contributed by atoms with Crippen molar-refractivity contribution in [3.05, 3.63) is 60.7 Å². The van der Waals surface area contributed by atoms with Gasteiger partial charge in [-0.2, -0.15) is 5.10 Å². The van der Waals surface area contributed by atoms with Crippen molar-refractivity contribution >= 4 is 5.97 Å². The molecule has 3 aromatic rings. The predicted octanol–water partition coefficient (Wildman–Crippen LogP) is 5.52. The topological polar surface area (TPSA) is 73.6 Å². The Morgan fingerprint density at radius 1 is 0.970 bits per heavy atom. The van der Waals surface area contributed by atoms with E-state index in [1.54, 1.807) is 0 Å². The summed E-state index contributed by atoms with van der Waals surface area (Å²) in [7, 11) is 0. The van der Waals surface area contributed by atoms with Gasteiger partial charge in [0.2, 0.25) is 5.88 Å². The Hall–Kier alpha value is -3.12. The fourth-order valence-corrected chi connectivity index (χ4v) is 4.65. The molecule has 6 nitrogen and oxygen atoms in total. The smallest absolute Gasteiger partial charge is 0.329 e. The van der Waals surface area contributed by atoms with E-state index in [0.29, 0.717) is 25.0 Å². The fraction of sp³-hybridized carbons (Fsp3) is 0.407. The highest BCUT2D eigenvalue weighted by molar-refractivity contribution is 5.84. The third-order valence-electron chi connectivity index (χ3n) is 6.27. The number of aromatic nitrogens is 2. The second kappa shape index (κ2) is 11.1. The third kappa shape index (κ3) is 5.82. The summed E-state index contributed by atoms with van der Waals surface area (Å²) in [5.41, 5.74) is 4.17. The zero-order valence-corrected chi connectivity index (χ0v) is 19.2. The molecule has 1 fully saturated rings. The summed E-state index contributed by atoms with van der Waals surface area (Å²) in [6, 6.07) is 20.6. The van der Waals surface area contributed by atoms with Crippen molar-refractivity contribution in [2.75, 3.05) is 19.8 Å². The lowest BCUT2D eigenvalue weighted by Gasteiger charge is -2.28. The lowest BCUT2D eigenvalue weighted by atomic mass is 9.82. The Balaban J connectivity index is 1.56. The summed E-state index contributed by atoms with van der Waals surface area (Å²) in [6.45, 7) is 3.71. The fourth-order valence-electron chi connectivity index (χ4n) is 4.65. The summed E-state index contributed by atoms with van der Waals surface area (Å²) in [5, 5.41) is 13.8. The molecule has 0 aliphatic heterocycles. The SMILES string of the molecule is CCOc1c(-c2ccccc2)c(-c2ccccc2)nn1C[C@H]1CC[C@H](COCC(=O)O)CC1. The van der Waals surface area contributed by atoms with Crippen molar-refractivity contribution in [1.82, 2.24) is 9.78 Å². The summed E-state index contributed by atoms with van der Waals surface area (Å²) in [4.78, 5) is 10.7. The monoisotopic (exact) mass is 448 g/mol. The van der Waals surface area contributed by atoms with Gasteiger partial charge in [0, 0.05) is 12.1 Å². The lowest BCUT2D eigenvalue weighted by molar-refractivity contribution is -0.142. The minimum Gasteiger partial charge on any atom is -0.480 e. The van der Waals surface area contributed by atoms with Crippen molar-refractivity contribution in [2.45, 2.75) is 39.2 Å². The molecule has 0 saturated heterocycles. The van der Waals surface area contributed by atoms with E-state index in [-0.39, 0.29) is 6.61 Å². The number of rotatable bonds is 10. The van der Waals surface area contributed by atoms with Crippen LogP contribution in [0.4, 0.5) is 0 Å². The molecule has 0 spiro atoms. The van der Waals surface area contributed by atoms with Crippen molar-refractivity contribution in [3.63, 3.8) is 0 Å². The lowest BCUT2D eigenvalue weighted by Crippen LogP contribution is -2.23. The van der Waals surface area contributed by atoms with Crippen molar-refractivity contribution in [3.8, 4) is 28.3 Å².